The second kappa shape index (κ2) is 7.52. The molecule has 26 heavy (non-hydrogen) atoms. The lowest BCUT2D eigenvalue weighted by molar-refractivity contribution is -0.274. The van der Waals surface area contributed by atoms with Crippen LogP contribution in [0.2, 0.25) is 0 Å². The second-order valence-corrected chi connectivity index (χ2v) is 6.01. The van der Waals surface area contributed by atoms with Gasteiger partial charge in [-0.05, 0) is 24.3 Å². The van der Waals surface area contributed by atoms with E-state index in [1.165, 1.54) is 29.5 Å². The molecular weight excluding hydrogens is 367 g/mol. The third kappa shape index (κ3) is 4.79. The number of alkyl halides is 3. The summed E-state index contributed by atoms with van der Waals surface area (Å²) in [6.07, 6.45) is -1.61. The van der Waals surface area contributed by atoms with Crippen LogP contribution in [0.3, 0.4) is 0 Å². The minimum Gasteiger partial charge on any atom is -0.404 e. The number of amides is 1. The quantitative estimate of drug-likeness (QED) is 0.719. The number of halogens is 3. The SMILES string of the molecule is O=C(Cc1csc(-c2cccnc2)n1)Nc1ccccc1OC(F)(F)F. The minimum absolute atomic E-state index is 0.0578. The maximum absolute atomic E-state index is 12.4. The Labute approximate surface area is 150 Å². The van der Waals surface area contributed by atoms with Crippen molar-refractivity contribution >= 4 is 22.9 Å². The van der Waals surface area contributed by atoms with E-state index in [0.717, 1.165) is 11.6 Å². The van der Waals surface area contributed by atoms with E-state index in [9.17, 15) is 18.0 Å². The van der Waals surface area contributed by atoms with Crippen molar-refractivity contribution in [3.63, 3.8) is 0 Å². The number of pyridine rings is 1. The normalized spacial score (nSPS) is 11.2. The molecule has 0 aliphatic carbocycles. The van der Waals surface area contributed by atoms with E-state index in [1.54, 1.807) is 23.8 Å². The molecule has 1 amide bonds. The summed E-state index contributed by atoms with van der Waals surface area (Å²) in [5.41, 5.74) is 1.28. The summed E-state index contributed by atoms with van der Waals surface area (Å²) >= 11 is 1.36. The number of hydrogen-bond acceptors (Lipinski definition) is 5. The molecule has 3 aromatic rings. The van der Waals surface area contributed by atoms with Crippen molar-refractivity contribution < 1.29 is 22.7 Å². The van der Waals surface area contributed by atoms with Gasteiger partial charge in [-0.3, -0.25) is 9.78 Å². The highest BCUT2D eigenvalue weighted by atomic mass is 32.1. The first-order valence-corrected chi connectivity index (χ1v) is 8.28. The van der Waals surface area contributed by atoms with Gasteiger partial charge < -0.3 is 10.1 Å². The summed E-state index contributed by atoms with van der Waals surface area (Å²) in [5, 5.41) is 4.85. The first-order chi connectivity index (χ1) is 12.4. The van der Waals surface area contributed by atoms with Gasteiger partial charge in [0.05, 0.1) is 17.8 Å². The van der Waals surface area contributed by atoms with Gasteiger partial charge in [-0.25, -0.2) is 4.98 Å². The molecule has 0 spiro atoms. The Morgan fingerprint density at radius 1 is 1.19 bits per heavy atom. The van der Waals surface area contributed by atoms with Gasteiger partial charge in [-0.2, -0.15) is 0 Å². The highest BCUT2D eigenvalue weighted by Gasteiger charge is 2.32. The summed E-state index contributed by atoms with van der Waals surface area (Å²) < 4.78 is 41.2. The Bertz CT molecular complexity index is 898. The molecule has 0 aliphatic rings. The smallest absolute Gasteiger partial charge is 0.404 e. The number of carbonyl (C=O) groups excluding carboxylic acids is 1. The van der Waals surface area contributed by atoms with Crippen LogP contribution in [-0.4, -0.2) is 22.2 Å². The summed E-state index contributed by atoms with van der Waals surface area (Å²) in [6.45, 7) is 0. The molecule has 1 N–H and O–H groups in total. The van der Waals surface area contributed by atoms with E-state index in [1.807, 2.05) is 6.07 Å². The highest BCUT2D eigenvalue weighted by Crippen LogP contribution is 2.30. The van der Waals surface area contributed by atoms with Crippen molar-refractivity contribution in [2.24, 2.45) is 0 Å². The van der Waals surface area contributed by atoms with Gasteiger partial charge in [0.2, 0.25) is 5.91 Å². The van der Waals surface area contributed by atoms with Crippen LogP contribution in [0.4, 0.5) is 18.9 Å². The van der Waals surface area contributed by atoms with Crippen LogP contribution in [-0.2, 0) is 11.2 Å². The first kappa shape index (κ1) is 17.9. The zero-order valence-electron chi connectivity index (χ0n) is 13.2. The number of ether oxygens (including phenoxy) is 1. The minimum atomic E-state index is -4.84. The topological polar surface area (TPSA) is 64.1 Å². The number of rotatable bonds is 5. The monoisotopic (exact) mass is 379 g/mol. The highest BCUT2D eigenvalue weighted by molar-refractivity contribution is 7.13. The largest absolute Gasteiger partial charge is 0.573 e. The van der Waals surface area contributed by atoms with E-state index in [-0.39, 0.29) is 12.1 Å². The zero-order valence-corrected chi connectivity index (χ0v) is 14.0. The predicted octanol–water partition coefficient (Wildman–Crippen LogP) is 4.28. The average Bonchev–Trinajstić information content (AvgIpc) is 3.04. The summed E-state index contributed by atoms with van der Waals surface area (Å²) in [6, 6.07) is 8.98. The molecule has 9 heteroatoms. The van der Waals surface area contributed by atoms with E-state index in [0.29, 0.717) is 10.7 Å². The second-order valence-electron chi connectivity index (χ2n) is 5.15. The van der Waals surface area contributed by atoms with Crippen LogP contribution in [0.1, 0.15) is 5.69 Å². The van der Waals surface area contributed by atoms with E-state index < -0.39 is 18.0 Å². The van der Waals surface area contributed by atoms with Crippen LogP contribution in [0, 0.1) is 0 Å². The number of nitrogens with zero attached hydrogens (tertiary/aromatic N) is 2. The maximum Gasteiger partial charge on any atom is 0.573 e. The average molecular weight is 379 g/mol. The number of carbonyl (C=O) groups is 1. The fourth-order valence-corrected chi connectivity index (χ4v) is 2.96. The van der Waals surface area contributed by atoms with E-state index >= 15 is 0 Å². The Kier molecular flexibility index (Phi) is 5.17. The molecule has 2 heterocycles. The van der Waals surface area contributed by atoms with Gasteiger partial charge in [0.15, 0.2) is 5.75 Å². The maximum atomic E-state index is 12.4. The zero-order chi connectivity index (χ0) is 18.6. The number of nitrogens with one attached hydrogen (secondary N) is 1. The lowest BCUT2D eigenvalue weighted by Crippen LogP contribution is -2.20. The number of para-hydroxylation sites is 2. The van der Waals surface area contributed by atoms with Crippen LogP contribution in [0.15, 0.2) is 54.2 Å². The van der Waals surface area contributed by atoms with E-state index in [4.69, 9.17) is 0 Å². The van der Waals surface area contributed by atoms with Crippen molar-refractivity contribution in [3.05, 3.63) is 59.9 Å². The fraction of sp³-hybridized carbons (Fsp3) is 0.118. The number of anilines is 1. The molecule has 0 saturated heterocycles. The first-order valence-electron chi connectivity index (χ1n) is 7.40. The van der Waals surface area contributed by atoms with Crippen molar-refractivity contribution in [1.29, 1.82) is 0 Å². The number of thiazole rings is 1. The molecule has 0 atom stereocenters. The molecule has 134 valence electrons. The number of aromatic nitrogens is 2. The van der Waals surface area contributed by atoms with Crippen molar-refractivity contribution in [2.75, 3.05) is 5.32 Å². The molecule has 0 saturated carbocycles. The summed E-state index contributed by atoms with van der Waals surface area (Å²) in [4.78, 5) is 20.5. The van der Waals surface area contributed by atoms with E-state index in [2.05, 4.69) is 20.0 Å². The Morgan fingerprint density at radius 2 is 2.00 bits per heavy atom. The van der Waals surface area contributed by atoms with Gasteiger partial charge in [0, 0.05) is 23.3 Å². The molecule has 0 unspecified atom stereocenters. The lowest BCUT2D eigenvalue weighted by atomic mass is 10.2. The standard InChI is InChI=1S/C17H12F3N3O2S/c18-17(19,20)25-14-6-2-1-5-13(14)23-15(24)8-12-10-26-16(22-12)11-4-3-7-21-9-11/h1-7,9-10H,8H2,(H,23,24). The van der Waals surface area contributed by atoms with Crippen LogP contribution >= 0.6 is 11.3 Å². The molecule has 0 aliphatic heterocycles. The van der Waals surface area contributed by atoms with Crippen LogP contribution < -0.4 is 10.1 Å². The fourth-order valence-electron chi connectivity index (χ4n) is 2.15. The number of benzene rings is 1. The van der Waals surface area contributed by atoms with Gasteiger partial charge in [0.25, 0.3) is 0 Å². The third-order valence-corrected chi connectivity index (χ3v) is 4.13. The predicted molar refractivity (Wildman–Crippen MR) is 90.8 cm³/mol. The Hall–Kier alpha value is -2.94. The third-order valence-electron chi connectivity index (χ3n) is 3.19. The molecular formula is C17H12F3N3O2S. The van der Waals surface area contributed by atoms with Gasteiger partial charge >= 0.3 is 6.36 Å². The van der Waals surface area contributed by atoms with Gasteiger partial charge in [-0.1, -0.05) is 12.1 Å². The Balaban J connectivity index is 1.68. The van der Waals surface area contributed by atoms with Crippen molar-refractivity contribution in [2.45, 2.75) is 12.8 Å². The molecule has 3 rings (SSSR count). The molecule has 0 radical (unpaired) electrons. The summed E-state index contributed by atoms with van der Waals surface area (Å²) in [5.74, 6) is -0.964. The lowest BCUT2D eigenvalue weighted by Gasteiger charge is -2.13. The van der Waals surface area contributed by atoms with Crippen molar-refractivity contribution in [1.82, 2.24) is 9.97 Å². The van der Waals surface area contributed by atoms with Crippen LogP contribution in [0.25, 0.3) is 10.6 Å². The molecule has 2 aromatic heterocycles. The van der Waals surface area contributed by atoms with Gasteiger partial charge in [-0.15, -0.1) is 24.5 Å². The summed E-state index contributed by atoms with van der Waals surface area (Å²) in [7, 11) is 0. The number of hydrogen-bond donors (Lipinski definition) is 1. The van der Waals surface area contributed by atoms with Crippen molar-refractivity contribution in [3.8, 4) is 16.3 Å². The Morgan fingerprint density at radius 3 is 2.73 bits per heavy atom. The molecule has 1 aromatic carbocycles. The van der Waals surface area contributed by atoms with Crippen LogP contribution in [0.5, 0.6) is 5.75 Å². The van der Waals surface area contributed by atoms with Gasteiger partial charge in [0.1, 0.15) is 5.01 Å². The molecule has 0 fully saturated rings. The molecule has 5 nitrogen and oxygen atoms in total. The molecule has 0 bridgehead atoms.